The average Bonchev–Trinajstić information content (AvgIpc) is 3.13. The van der Waals surface area contributed by atoms with Crippen molar-refractivity contribution < 1.29 is 29.4 Å². The van der Waals surface area contributed by atoms with E-state index in [2.05, 4.69) is 15.3 Å². The van der Waals surface area contributed by atoms with E-state index in [1.54, 1.807) is 35.7 Å². The number of unbranched alkanes of at least 4 members (excludes halogenated alkanes) is 2. The molecule has 11 heteroatoms. The van der Waals surface area contributed by atoms with Crippen LogP contribution in [0.15, 0.2) is 96.4 Å². The predicted octanol–water partition coefficient (Wildman–Crippen LogP) is 6.05. The smallest absolute Gasteiger partial charge is 0.243 e. The highest BCUT2D eigenvalue weighted by molar-refractivity contribution is 7.99. The molecule has 0 saturated carbocycles. The predicted molar refractivity (Wildman–Crippen MR) is 178 cm³/mol. The largest absolute Gasteiger partial charge is 0.392 e. The van der Waals surface area contributed by atoms with E-state index in [0.29, 0.717) is 43.1 Å². The van der Waals surface area contributed by atoms with Crippen LogP contribution in [-0.4, -0.2) is 44.0 Å². The maximum absolute atomic E-state index is 12.5. The lowest BCUT2D eigenvalue weighted by Gasteiger charge is -2.36. The number of hydrogen-bond donors (Lipinski definition) is 4. The molecule has 4 N–H and O–H groups in total. The van der Waals surface area contributed by atoms with E-state index < -0.39 is 12.2 Å². The number of amides is 2. The number of carbonyl (C=O) groups excluding carboxylic acids is 2. The molecule has 5 rings (SSSR count). The van der Waals surface area contributed by atoms with Crippen molar-refractivity contribution in [2.24, 2.45) is 0 Å². The zero-order valence-electron chi connectivity index (χ0n) is 26.1. The standard InChI is InChI=1S/C36H40N4O6S/c41-23-25-11-13-27(14-12-25)32-21-30(24-47-36-37-19-6-20-38-36)45-35(46-32)28-17-15-26(16-18-28)31-8-5-4-7-29(31)22-39-33(42)9-2-1-3-10-34(43)40-44/h4-8,11-20,30,32,35,41,44H,1-3,9-10,21-24H2,(H,39,42)(H,40,43)/t30-,32+,35+/m1/s1. The van der Waals surface area contributed by atoms with Crippen LogP contribution in [0.5, 0.6) is 0 Å². The highest BCUT2D eigenvalue weighted by atomic mass is 32.2. The first-order valence-electron chi connectivity index (χ1n) is 15.8. The number of nitrogens with zero attached hydrogens (tertiary/aromatic N) is 2. The zero-order chi connectivity index (χ0) is 32.8. The number of benzene rings is 3. The molecule has 0 bridgehead atoms. The van der Waals surface area contributed by atoms with Crippen LogP contribution in [-0.2, 0) is 32.2 Å². The van der Waals surface area contributed by atoms with E-state index in [9.17, 15) is 14.7 Å². The average molecular weight is 657 g/mol. The molecule has 1 aliphatic rings. The van der Waals surface area contributed by atoms with Crippen LogP contribution in [0.1, 0.15) is 73.2 Å². The number of carbonyl (C=O) groups is 2. The summed E-state index contributed by atoms with van der Waals surface area (Å²) in [7, 11) is 0. The molecule has 2 amide bonds. The van der Waals surface area contributed by atoms with Gasteiger partial charge >= 0.3 is 0 Å². The molecule has 4 aromatic rings. The van der Waals surface area contributed by atoms with Crippen LogP contribution in [0.4, 0.5) is 0 Å². The van der Waals surface area contributed by atoms with Gasteiger partial charge in [-0.25, -0.2) is 15.4 Å². The number of hydrogen-bond acceptors (Lipinski definition) is 9. The molecule has 246 valence electrons. The summed E-state index contributed by atoms with van der Waals surface area (Å²) in [4.78, 5) is 32.3. The Morgan fingerprint density at radius 3 is 2.26 bits per heavy atom. The van der Waals surface area contributed by atoms with Gasteiger partial charge in [-0.15, -0.1) is 0 Å². The molecule has 1 aliphatic heterocycles. The van der Waals surface area contributed by atoms with Crippen LogP contribution in [0.3, 0.4) is 0 Å². The molecule has 47 heavy (non-hydrogen) atoms. The highest BCUT2D eigenvalue weighted by Gasteiger charge is 2.32. The summed E-state index contributed by atoms with van der Waals surface area (Å²) in [5.41, 5.74) is 7.45. The van der Waals surface area contributed by atoms with E-state index in [-0.39, 0.29) is 31.1 Å². The van der Waals surface area contributed by atoms with Gasteiger partial charge in [-0.2, -0.15) is 0 Å². The van der Waals surface area contributed by atoms with Crippen molar-refractivity contribution in [1.29, 1.82) is 0 Å². The minimum Gasteiger partial charge on any atom is -0.392 e. The van der Waals surface area contributed by atoms with Gasteiger partial charge in [-0.3, -0.25) is 14.8 Å². The van der Waals surface area contributed by atoms with Crippen LogP contribution in [0, 0.1) is 0 Å². The second-order valence-electron chi connectivity index (χ2n) is 11.3. The topological polar surface area (TPSA) is 143 Å². The Labute approximate surface area is 278 Å². The van der Waals surface area contributed by atoms with Crippen molar-refractivity contribution in [2.75, 3.05) is 5.75 Å². The van der Waals surface area contributed by atoms with Gasteiger partial charge in [0.15, 0.2) is 11.4 Å². The van der Waals surface area contributed by atoms with Crippen molar-refractivity contribution in [3.05, 3.63) is 114 Å². The molecule has 1 aromatic heterocycles. The van der Waals surface area contributed by atoms with E-state index >= 15 is 0 Å². The van der Waals surface area contributed by atoms with Gasteiger partial charge < -0.3 is 19.9 Å². The normalized spacial score (nSPS) is 17.6. The Bertz CT molecular complexity index is 1570. The van der Waals surface area contributed by atoms with E-state index in [0.717, 1.165) is 39.8 Å². The molecular weight excluding hydrogens is 616 g/mol. The lowest BCUT2D eigenvalue weighted by atomic mass is 9.97. The fourth-order valence-corrected chi connectivity index (χ4v) is 6.23. The van der Waals surface area contributed by atoms with Crippen molar-refractivity contribution in [3.63, 3.8) is 0 Å². The Kier molecular flexibility index (Phi) is 12.9. The number of rotatable bonds is 15. The van der Waals surface area contributed by atoms with Gasteiger partial charge in [-0.05, 0) is 46.7 Å². The maximum Gasteiger partial charge on any atom is 0.243 e. The molecule has 1 fully saturated rings. The molecule has 3 aromatic carbocycles. The zero-order valence-corrected chi connectivity index (χ0v) is 26.9. The SMILES string of the molecule is O=C(CCCCCC(=O)NCc1ccccc1-c1ccc([C@H]2O[C@@H](CSc3ncccn3)C[C@@H](c3ccc(CO)cc3)O2)cc1)NO. The number of aliphatic hydroxyl groups is 1. The summed E-state index contributed by atoms with van der Waals surface area (Å²) < 4.78 is 13.0. The van der Waals surface area contributed by atoms with Gasteiger partial charge in [0, 0.05) is 49.5 Å². The molecule has 0 radical (unpaired) electrons. The third-order valence-corrected chi connectivity index (χ3v) is 8.98. The summed E-state index contributed by atoms with van der Waals surface area (Å²) >= 11 is 1.55. The molecule has 0 aliphatic carbocycles. The van der Waals surface area contributed by atoms with Crippen molar-refractivity contribution in [2.45, 2.75) is 75.3 Å². The van der Waals surface area contributed by atoms with Gasteiger partial charge in [0.05, 0.1) is 18.8 Å². The first-order valence-corrected chi connectivity index (χ1v) is 16.8. The van der Waals surface area contributed by atoms with Crippen LogP contribution >= 0.6 is 11.8 Å². The van der Waals surface area contributed by atoms with Crippen molar-refractivity contribution >= 4 is 23.6 Å². The number of thioether (sulfide) groups is 1. The van der Waals surface area contributed by atoms with Crippen LogP contribution < -0.4 is 10.8 Å². The molecular formula is C36H40N4O6S. The van der Waals surface area contributed by atoms with Gasteiger partial charge in [0.25, 0.3) is 0 Å². The number of ether oxygens (including phenoxy) is 2. The molecule has 1 saturated heterocycles. The third kappa shape index (κ3) is 10.2. The summed E-state index contributed by atoms with van der Waals surface area (Å²) in [6.07, 6.45) is 5.92. The molecule has 3 atom stereocenters. The Morgan fingerprint density at radius 2 is 1.53 bits per heavy atom. The minimum atomic E-state index is -0.574. The van der Waals surface area contributed by atoms with Gasteiger partial charge in [-0.1, -0.05) is 91.0 Å². The molecule has 0 unspecified atom stereocenters. The number of aliphatic hydroxyl groups excluding tert-OH is 1. The first kappa shape index (κ1) is 34.2. The van der Waals surface area contributed by atoms with Crippen LogP contribution in [0.2, 0.25) is 0 Å². The third-order valence-electron chi connectivity index (χ3n) is 7.97. The fraction of sp³-hybridized carbons (Fsp3) is 0.333. The second-order valence-corrected chi connectivity index (χ2v) is 12.3. The van der Waals surface area contributed by atoms with Gasteiger partial charge in [0.1, 0.15) is 0 Å². The Hall–Kier alpha value is -4.13. The van der Waals surface area contributed by atoms with Crippen LogP contribution in [0.25, 0.3) is 11.1 Å². The highest BCUT2D eigenvalue weighted by Crippen LogP contribution is 2.39. The fourth-order valence-electron chi connectivity index (χ4n) is 5.41. The van der Waals surface area contributed by atoms with E-state index in [1.165, 1.54) is 0 Å². The summed E-state index contributed by atoms with van der Waals surface area (Å²) in [6.45, 7) is 0.393. The maximum atomic E-state index is 12.5. The number of hydroxylamine groups is 1. The van der Waals surface area contributed by atoms with E-state index in [1.807, 2.05) is 72.8 Å². The molecule has 2 heterocycles. The van der Waals surface area contributed by atoms with Crippen molar-refractivity contribution in [3.8, 4) is 11.1 Å². The Morgan fingerprint density at radius 1 is 0.830 bits per heavy atom. The molecule has 10 nitrogen and oxygen atoms in total. The van der Waals surface area contributed by atoms with Gasteiger partial charge in [0.2, 0.25) is 11.8 Å². The number of nitrogens with one attached hydrogen (secondary N) is 2. The quantitative estimate of drug-likeness (QED) is 0.0396. The lowest BCUT2D eigenvalue weighted by molar-refractivity contribution is -0.245. The summed E-state index contributed by atoms with van der Waals surface area (Å²) in [5.74, 6) is 0.220. The summed E-state index contributed by atoms with van der Waals surface area (Å²) in [5, 5.41) is 21.8. The second kappa shape index (κ2) is 17.7. The summed E-state index contributed by atoms with van der Waals surface area (Å²) in [6, 6.07) is 25.8. The lowest BCUT2D eigenvalue weighted by Crippen LogP contribution is -2.31. The number of aromatic nitrogens is 2. The van der Waals surface area contributed by atoms with Crippen molar-refractivity contribution in [1.82, 2.24) is 20.8 Å². The minimum absolute atomic E-state index is 0.00915. The van der Waals surface area contributed by atoms with E-state index in [4.69, 9.17) is 14.7 Å². The Balaban J connectivity index is 1.23. The monoisotopic (exact) mass is 656 g/mol. The first-order chi connectivity index (χ1) is 23.0. The molecule has 0 spiro atoms.